The van der Waals surface area contributed by atoms with Gasteiger partial charge < -0.3 is 5.11 Å². The molecule has 0 atom stereocenters. The lowest BCUT2D eigenvalue weighted by Gasteiger charge is -2.05. The molecule has 76 valence electrons. The number of para-hydroxylation sites is 1. The first kappa shape index (κ1) is 10.8. The second kappa shape index (κ2) is 4.80. The Kier molecular flexibility index (Phi) is 3.45. The Bertz CT molecular complexity index is 442. The second-order valence-electron chi connectivity index (χ2n) is 2.57. The molecule has 0 fully saturated rings. The van der Waals surface area contributed by atoms with E-state index in [4.69, 9.17) is 9.90 Å². The predicted octanol–water partition coefficient (Wildman–Crippen LogP) is 0.968. The third-order valence-corrected chi connectivity index (χ3v) is 1.69. The van der Waals surface area contributed by atoms with Crippen molar-refractivity contribution < 1.29 is 20.9 Å². The van der Waals surface area contributed by atoms with Gasteiger partial charge >= 0.3 is 1.43 Å². The van der Waals surface area contributed by atoms with E-state index in [1.165, 1.54) is 0 Å². The summed E-state index contributed by atoms with van der Waals surface area (Å²) in [5.74, 6) is -1.02. The van der Waals surface area contributed by atoms with Crippen molar-refractivity contribution in [2.75, 3.05) is 0 Å². The van der Waals surface area contributed by atoms with E-state index in [1.807, 2.05) is 0 Å². The number of aliphatic imine (C=N–C) groups is 1. The number of carbonyl (C=O) groups is 3. The summed E-state index contributed by atoms with van der Waals surface area (Å²) in [4.78, 5) is 34.2. The minimum Gasteiger partial charge on any atom is -0.483 e. The predicted molar refractivity (Wildman–Crippen MR) is 53.7 cm³/mol. The zero-order valence-electron chi connectivity index (χ0n) is 8.58. The SMILES string of the molecule is O=C1C=Nc2ccccc2C1=O.O=CO.[H+]. The van der Waals surface area contributed by atoms with Crippen molar-refractivity contribution >= 4 is 29.9 Å². The number of benzene rings is 1. The van der Waals surface area contributed by atoms with Gasteiger partial charge in [-0.15, -0.1) is 0 Å². The Balaban J connectivity index is 0.000000511. The zero-order valence-corrected chi connectivity index (χ0v) is 7.58. The highest BCUT2D eigenvalue weighted by atomic mass is 16.3. The van der Waals surface area contributed by atoms with Crippen LogP contribution in [-0.4, -0.2) is 29.4 Å². The lowest BCUT2D eigenvalue weighted by molar-refractivity contribution is -0.122. The van der Waals surface area contributed by atoms with E-state index in [2.05, 4.69) is 4.99 Å². The van der Waals surface area contributed by atoms with Crippen LogP contribution in [0.2, 0.25) is 0 Å². The van der Waals surface area contributed by atoms with Crippen molar-refractivity contribution in [1.29, 1.82) is 0 Å². The van der Waals surface area contributed by atoms with Crippen molar-refractivity contribution in [2.24, 2.45) is 4.99 Å². The number of Topliss-reactive ketones (excluding diaryl/α,β-unsaturated/α-hetero) is 2. The van der Waals surface area contributed by atoms with E-state index < -0.39 is 11.6 Å². The van der Waals surface area contributed by atoms with Gasteiger partial charge in [0.15, 0.2) is 0 Å². The summed E-state index contributed by atoms with van der Waals surface area (Å²) in [5, 5.41) is 6.89. The Morgan fingerprint density at radius 3 is 2.53 bits per heavy atom. The summed E-state index contributed by atoms with van der Waals surface area (Å²) in [5.41, 5.74) is 0.965. The first-order valence-electron chi connectivity index (χ1n) is 4.00. The second-order valence-corrected chi connectivity index (χ2v) is 2.57. The van der Waals surface area contributed by atoms with Crippen molar-refractivity contribution in [1.82, 2.24) is 0 Å². The van der Waals surface area contributed by atoms with Gasteiger partial charge in [-0.25, -0.2) is 0 Å². The molecule has 0 unspecified atom stereocenters. The molecular formula is C10H8NO4+. The molecule has 1 N–H and O–H groups in total. The van der Waals surface area contributed by atoms with Crippen molar-refractivity contribution in [3.63, 3.8) is 0 Å². The number of ketones is 2. The smallest absolute Gasteiger partial charge is 0.483 e. The summed E-state index contributed by atoms with van der Waals surface area (Å²) < 4.78 is 0. The molecule has 0 saturated heterocycles. The fraction of sp³-hybridized carbons (Fsp3) is 0. The lowest BCUT2D eigenvalue weighted by Crippen LogP contribution is -2.18. The third kappa shape index (κ3) is 2.34. The maximum absolute atomic E-state index is 11.2. The molecule has 1 aromatic carbocycles. The molecule has 0 amide bonds. The lowest BCUT2D eigenvalue weighted by atomic mass is 10.0. The molecule has 0 spiro atoms. The number of nitrogens with zero attached hydrogens (tertiary/aromatic N) is 1. The van der Waals surface area contributed by atoms with Crippen LogP contribution in [0.15, 0.2) is 29.3 Å². The maximum atomic E-state index is 11.2. The van der Waals surface area contributed by atoms with E-state index >= 15 is 0 Å². The minimum absolute atomic E-state index is 0. The van der Waals surface area contributed by atoms with Crippen molar-refractivity contribution in [3.05, 3.63) is 29.8 Å². The zero-order chi connectivity index (χ0) is 11.3. The number of fused-ring (bicyclic) bond motifs is 1. The maximum Gasteiger partial charge on any atom is 1.00 e. The van der Waals surface area contributed by atoms with Crippen LogP contribution >= 0.6 is 0 Å². The highest BCUT2D eigenvalue weighted by Crippen LogP contribution is 2.21. The van der Waals surface area contributed by atoms with Gasteiger partial charge in [-0.2, -0.15) is 0 Å². The Labute approximate surface area is 86.6 Å². The van der Waals surface area contributed by atoms with Crippen LogP contribution in [0, 0.1) is 0 Å². The van der Waals surface area contributed by atoms with Crippen LogP contribution in [0.25, 0.3) is 0 Å². The van der Waals surface area contributed by atoms with Crippen LogP contribution in [-0.2, 0) is 9.59 Å². The van der Waals surface area contributed by atoms with Crippen LogP contribution in [0.1, 0.15) is 11.8 Å². The number of carbonyl (C=O) groups excluding carboxylic acids is 2. The molecule has 15 heavy (non-hydrogen) atoms. The normalized spacial score (nSPS) is 12.5. The molecule has 1 aliphatic heterocycles. The number of hydrogen-bond donors (Lipinski definition) is 1. The number of hydrogen-bond acceptors (Lipinski definition) is 4. The molecule has 0 radical (unpaired) electrons. The molecule has 0 aliphatic carbocycles. The Morgan fingerprint density at radius 1 is 1.27 bits per heavy atom. The number of rotatable bonds is 0. The number of carboxylic acid groups (broad SMARTS) is 1. The average molecular weight is 206 g/mol. The largest absolute Gasteiger partial charge is 1.00 e. The van der Waals surface area contributed by atoms with E-state index in [1.54, 1.807) is 24.3 Å². The highest BCUT2D eigenvalue weighted by Gasteiger charge is 2.20. The van der Waals surface area contributed by atoms with Gasteiger partial charge in [0.2, 0.25) is 11.6 Å². The van der Waals surface area contributed by atoms with Crippen molar-refractivity contribution in [3.8, 4) is 0 Å². The molecule has 0 saturated carbocycles. The standard InChI is InChI=1S/C9H5NO2.CH2O2/c11-8-5-10-7-4-2-1-3-6(7)9(8)12;2-1-3/h1-5H;1H,(H,2,3)/p+1. The van der Waals surface area contributed by atoms with E-state index in [-0.39, 0.29) is 7.90 Å². The molecule has 1 aromatic rings. The van der Waals surface area contributed by atoms with Gasteiger partial charge in [0.1, 0.15) is 0 Å². The minimum atomic E-state index is -0.547. The van der Waals surface area contributed by atoms with E-state index in [0.29, 0.717) is 11.3 Å². The van der Waals surface area contributed by atoms with Crippen LogP contribution in [0.5, 0.6) is 0 Å². The monoisotopic (exact) mass is 206 g/mol. The van der Waals surface area contributed by atoms with E-state index in [9.17, 15) is 9.59 Å². The van der Waals surface area contributed by atoms with Gasteiger partial charge in [0, 0.05) is 0 Å². The molecule has 0 bridgehead atoms. The van der Waals surface area contributed by atoms with Gasteiger partial charge in [0.25, 0.3) is 6.47 Å². The summed E-state index contributed by atoms with van der Waals surface area (Å²) in [6.07, 6.45) is 1.06. The fourth-order valence-corrected chi connectivity index (χ4v) is 1.10. The highest BCUT2D eigenvalue weighted by molar-refractivity contribution is 6.64. The van der Waals surface area contributed by atoms with Gasteiger partial charge in [-0.3, -0.25) is 19.4 Å². The average Bonchev–Trinajstić information content (AvgIpc) is 2.25. The van der Waals surface area contributed by atoms with Crippen molar-refractivity contribution in [2.45, 2.75) is 0 Å². The quantitative estimate of drug-likeness (QED) is 0.506. The van der Waals surface area contributed by atoms with E-state index in [0.717, 1.165) is 6.21 Å². The van der Waals surface area contributed by atoms with Gasteiger partial charge in [-0.05, 0) is 12.1 Å². The molecule has 0 aromatic heterocycles. The Morgan fingerprint density at radius 2 is 1.87 bits per heavy atom. The first-order valence-corrected chi connectivity index (χ1v) is 4.00. The Hall–Kier alpha value is -2.30. The van der Waals surface area contributed by atoms with Crippen LogP contribution in [0.3, 0.4) is 0 Å². The fourth-order valence-electron chi connectivity index (χ4n) is 1.10. The molecular weight excluding hydrogens is 198 g/mol. The van der Waals surface area contributed by atoms with Gasteiger partial charge in [0.05, 0.1) is 17.5 Å². The topological polar surface area (TPSA) is 83.8 Å². The molecule has 2 rings (SSSR count). The molecule has 5 nitrogen and oxygen atoms in total. The molecule has 1 heterocycles. The summed E-state index contributed by atoms with van der Waals surface area (Å²) in [6.45, 7) is -0.250. The molecule has 1 aliphatic rings. The van der Waals surface area contributed by atoms with Crippen LogP contribution in [0.4, 0.5) is 5.69 Å². The van der Waals surface area contributed by atoms with Crippen LogP contribution < -0.4 is 0 Å². The summed E-state index contributed by atoms with van der Waals surface area (Å²) >= 11 is 0. The molecule has 5 heteroatoms. The summed E-state index contributed by atoms with van der Waals surface area (Å²) in [6, 6.07) is 6.80. The first-order chi connectivity index (χ1) is 7.20. The third-order valence-electron chi connectivity index (χ3n) is 1.69. The summed E-state index contributed by atoms with van der Waals surface area (Å²) in [7, 11) is 0. The van der Waals surface area contributed by atoms with Gasteiger partial charge in [-0.1, -0.05) is 12.1 Å².